The molecule has 2 rings (SSSR count). The normalized spacial score (nSPS) is 24.6. The smallest absolute Gasteiger partial charge is 0.222 e. The van der Waals surface area contributed by atoms with E-state index in [2.05, 4.69) is 15.3 Å². The van der Waals surface area contributed by atoms with Crippen molar-refractivity contribution in [3.63, 3.8) is 0 Å². The highest BCUT2D eigenvalue weighted by Crippen LogP contribution is 2.29. The van der Waals surface area contributed by atoms with Gasteiger partial charge in [0.2, 0.25) is 5.95 Å². The van der Waals surface area contributed by atoms with Crippen molar-refractivity contribution in [3.8, 4) is 0 Å². The Labute approximate surface area is 101 Å². The molecule has 2 unspecified atom stereocenters. The molecule has 0 aromatic carbocycles. The third-order valence-electron chi connectivity index (χ3n) is 3.51. The topological polar surface area (TPSA) is 63.8 Å². The predicted octanol–water partition coefficient (Wildman–Crippen LogP) is 1.79. The Hall–Kier alpha value is -1.23. The minimum Gasteiger partial charge on any atom is -0.354 e. The zero-order chi connectivity index (χ0) is 12.1. The maximum absolute atomic E-state index is 12.6. The average Bonchev–Trinajstić information content (AvgIpc) is 2.38. The minimum absolute atomic E-state index is 0.409. The fourth-order valence-corrected chi connectivity index (χ4v) is 2.49. The Kier molecular flexibility index (Phi) is 4.25. The number of hydrogen-bond acceptors (Lipinski definition) is 4. The van der Waals surface area contributed by atoms with Crippen molar-refractivity contribution in [1.82, 2.24) is 9.97 Å². The van der Waals surface area contributed by atoms with E-state index in [1.807, 2.05) is 0 Å². The molecule has 0 amide bonds. The summed E-state index contributed by atoms with van der Waals surface area (Å²) in [5.74, 6) is 1.26. The summed E-state index contributed by atoms with van der Waals surface area (Å²) in [6.07, 6.45) is 7.33. The molecule has 1 saturated carbocycles. The van der Waals surface area contributed by atoms with Crippen molar-refractivity contribution in [2.24, 2.45) is 17.6 Å². The van der Waals surface area contributed by atoms with Crippen molar-refractivity contribution in [3.05, 3.63) is 18.2 Å². The Balaban J connectivity index is 1.86. The summed E-state index contributed by atoms with van der Waals surface area (Å²) in [6, 6.07) is 0. The Bertz CT molecular complexity index is 341. The molecule has 1 aliphatic carbocycles. The van der Waals surface area contributed by atoms with Crippen molar-refractivity contribution in [2.75, 3.05) is 18.4 Å². The molecule has 1 fully saturated rings. The molecule has 4 nitrogen and oxygen atoms in total. The SMILES string of the molecule is NCC1CCCCC1CNc1ncc(F)cn1. The van der Waals surface area contributed by atoms with Crippen molar-refractivity contribution < 1.29 is 4.39 Å². The number of rotatable bonds is 4. The van der Waals surface area contributed by atoms with Crippen LogP contribution in [0.4, 0.5) is 10.3 Å². The first-order valence-electron chi connectivity index (χ1n) is 6.21. The van der Waals surface area contributed by atoms with Crippen molar-refractivity contribution in [2.45, 2.75) is 25.7 Å². The number of halogens is 1. The van der Waals surface area contributed by atoms with E-state index in [9.17, 15) is 4.39 Å². The van der Waals surface area contributed by atoms with Gasteiger partial charge in [-0.1, -0.05) is 12.8 Å². The first kappa shape index (κ1) is 12.2. The molecule has 0 saturated heterocycles. The van der Waals surface area contributed by atoms with Crippen LogP contribution in [0.15, 0.2) is 12.4 Å². The highest BCUT2D eigenvalue weighted by Gasteiger charge is 2.23. The summed E-state index contributed by atoms with van der Waals surface area (Å²) in [5.41, 5.74) is 5.77. The van der Waals surface area contributed by atoms with E-state index >= 15 is 0 Å². The quantitative estimate of drug-likeness (QED) is 0.839. The molecule has 1 heterocycles. The molecule has 0 radical (unpaired) electrons. The van der Waals surface area contributed by atoms with Gasteiger partial charge in [0.05, 0.1) is 12.4 Å². The van der Waals surface area contributed by atoms with Gasteiger partial charge in [-0.3, -0.25) is 0 Å². The van der Waals surface area contributed by atoms with Gasteiger partial charge in [-0.05, 0) is 31.2 Å². The molecule has 1 aromatic heterocycles. The molecule has 5 heteroatoms. The van der Waals surface area contributed by atoms with Crippen LogP contribution in [0.25, 0.3) is 0 Å². The van der Waals surface area contributed by atoms with Crippen LogP contribution in [0.1, 0.15) is 25.7 Å². The van der Waals surface area contributed by atoms with Crippen LogP contribution in [0.2, 0.25) is 0 Å². The molecular weight excluding hydrogens is 219 g/mol. The molecule has 94 valence electrons. The second kappa shape index (κ2) is 5.91. The van der Waals surface area contributed by atoms with Crippen LogP contribution >= 0.6 is 0 Å². The molecule has 0 spiro atoms. The standard InChI is InChI=1S/C12H19FN4/c13-11-7-16-12(17-8-11)15-6-10-4-2-1-3-9(10)5-14/h7-10H,1-6,14H2,(H,15,16,17). The summed E-state index contributed by atoms with van der Waals surface area (Å²) < 4.78 is 12.6. The summed E-state index contributed by atoms with van der Waals surface area (Å²) in [4.78, 5) is 7.77. The van der Waals surface area contributed by atoms with E-state index < -0.39 is 5.82 Å². The minimum atomic E-state index is -0.409. The summed E-state index contributed by atoms with van der Waals surface area (Å²) in [7, 11) is 0. The van der Waals surface area contributed by atoms with Crippen LogP contribution in [0.3, 0.4) is 0 Å². The second-order valence-electron chi connectivity index (χ2n) is 4.65. The summed E-state index contributed by atoms with van der Waals surface area (Å²) >= 11 is 0. The molecular formula is C12H19FN4. The molecule has 2 atom stereocenters. The zero-order valence-electron chi connectivity index (χ0n) is 9.90. The number of nitrogens with two attached hydrogens (primary N) is 1. The predicted molar refractivity (Wildman–Crippen MR) is 65.0 cm³/mol. The van der Waals surface area contributed by atoms with E-state index in [0.717, 1.165) is 13.1 Å². The van der Waals surface area contributed by atoms with Crippen molar-refractivity contribution >= 4 is 5.95 Å². The highest BCUT2D eigenvalue weighted by atomic mass is 19.1. The van der Waals surface area contributed by atoms with Gasteiger partial charge in [-0.15, -0.1) is 0 Å². The van der Waals surface area contributed by atoms with Gasteiger partial charge in [0.1, 0.15) is 0 Å². The van der Waals surface area contributed by atoms with Crippen LogP contribution in [-0.2, 0) is 0 Å². The Morgan fingerprint density at radius 2 is 1.88 bits per heavy atom. The van der Waals surface area contributed by atoms with Gasteiger partial charge in [-0.2, -0.15) is 0 Å². The lowest BCUT2D eigenvalue weighted by Crippen LogP contribution is -2.31. The first-order valence-corrected chi connectivity index (χ1v) is 6.21. The van der Waals surface area contributed by atoms with Crippen molar-refractivity contribution in [1.29, 1.82) is 0 Å². The van der Waals surface area contributed by atoms with Gasteiger partial charge in [0.15, 0.2) is 5.82 Å². The third kappa shape index (κ3) is 3.36. The Morgan fingerprint density at radius 1 is 1.24 bits per heavy atom. The first-order chi connectivity index (χ1) is 8.29. The summed E-state index contributed by atoms with van der Waals surface area (Å²) in [5, 5.41) is 3.16. The van der Waals surface area contributed by atoms with Crippen LogP contribution in [0.5, 0.6) is 0 Å². The lowest BCUT2D eigenvalue weighted by atomic mass is 9.79. The van der Waals surface area contributed by atoms with Crippen LogP contribution < -0.4 is 11.1 Å². The number of aromatic nitrogens is 2. The van der Waals surface area contributed by atoms with Crippen LogP contribution in [-0.4, -0.2) is 23.1 Å². The molecule has 1 aromatic rings. The van der Waals surface area contributed by atoms with Gasteiger partial charge in [-0.25, -0.2) is 14.4 Å². The van der Waals surface area contributed by atoms with Gasteiger partial charge in [0.25, 0.3) is 0 Å². The molecule has 3 N–H and O–H groups in total. The lowest BCUT2D eigenvalue weighted by Gasteiger charge is -2.30. The van der Waals surface area contributed by atoms with E-state index in [0.29, 0.717) is 17.8 Å². The number of nitrogens with one attached hydrogen (secondary N) is 1. The van der Waals surface area contributed by atoms with E-state index in [1.165, 1.54) is 38.1 Å². The molecule has 1 aliphatic rings. The lowest BCUT2D eigenvalue weighted by molar-refractivity contribution is 0.255. The van der Waals surface area contributed by atoms with Gasteiger partial charge < -0.3 is 11.1 Å². The maximum atomic E-state index is 12.6. The van der Waals surface area contributed by atoms with Gasteiger partial charge >= 0.3 is 0 Å². The molecule has 0 bridgehead atoms. The molecule has 0 aliphatic heterocycles. The fourth-order valence-electron chi connectivity index (χ4n) is 2.49. The van der Waals surface area contributed by atoms with Gasteiger partial charge in [0, 0.05) is 6.54 Å². The highest BCUT2D eigenvalue weighted by molar-refractivity contribution is 5.22. The Morgan fingerprint density at radius 3 is 2.53 bits per heavy atom. The maximum Gasteiger partial charge on any atom is 0.222 e. The average molecular weight is 238 g/mol. The number of anilines is 1. The monoisotopic (exact) mass is 238 g/mol. The zero-order valence-corrected chi connectivity index (χ0v) is 9.90. The van der Waals surface area contributed by atoms with E-state index in [4.69, 9.17) is 5.73 Å². The second-order valence-corrected chi connectivity index (χ2v) is 4.65. The van der Waals surface area contributed by atoms with E-state index in [1.54, 1.807) is 0 Å². The number of hydrogen-bond donors (Lipinski definition) is 2. The van der Waals surface area contributed by atoms with Crippen LogP contribution in [0, 0.1) is 17.7 Å². The fraction of sp³-hybridized carbons (Fsp3) is 0.667. The summed E-state index contributed by atoms with van der Waals surface area (Å²) in [6.45, 7) is 1.57. The largest absolute Gasteiger partial charge is 0.354 e. The third-order valence-corrected chi connectivity index (χ3v) is 3.51. The molecule has 17 heavy (non-hydrogen) atoms. The van der Waals surface area contributed by atoms with E-state index in [-0.39, 0.29) is 0 Å². The number of nitrogens with zero attached hydrogens (tertiary/aromatic N) is 2.